The zero-order chi connectivity index (χ0) is 40.5. The van der Waals surface area contributed by atoms with E-state index in [2.05, 4.69) is 209 Å². The van der Waals surface area contributed by atoms with Gasteiger partial charge in [-0.1, -0.05) is 152 Å². The van der Waals surface area contributed by atoms with Crippen LogP contribution in [0.25, 0.3) is 131 Å². The van der Waals surface area contributed by atoms with E-state index in [9.17, 15) is 0 Å². The maximum Gasteiger partial charge on any atom is 0.165 e. The molecule has 0 aliphatic carbocycles. The van der Waals surface area contributed by atoms with Gasteiger partial charge in [0.25, 0.3) is 0 Å². The highest BCUT2D eigenvalue weighted by atomic mass is 15.1. The molecule has 14 aromatic rings. The molecule has 4 heteroatoms. The number of aromatic nitrogens is 4. The molecule has 4 nitrogen and oxygen atoms in total. The summed E-state index contributed by atoms with van der Waals surface area (Å²) in [5, 5.41) is 17.1. The molecule has 62 heavy (non-hydrogen) atoms. The maximum atomic E-state index is 5.55. The van der Waals surface area contributed by atoms with Gasteiger partial charge in [0.1, 0.15) is 5.69 Å². The molecule has 0 amide bonds. The van der Waals surface area contributed by atoms with Gasteiger partial charge in [0.15, 0.2) is 5.82 Å². The summed E-state index contributed by atoms with van der Waals surface area (Å²) in [5.74, 6) is 0.805. The van der Waals surface area contributed by atoms with Crippen LogP contribution in [0.3, 0.4) is 0 Å². The Morgan fingerprint density at radius 3 is 1.60 bits per heavy atom. The van der Waals surface area contributed by atoms with E-state index < -0.39 is 0 Å². The van der Waals surface area contributed by atoms with Crippen molar-refractivity contribution in [1.29, 1.82) is 0 Å². The van der Waals surface area contributed by atoms with Crippen LogP contribution in [0.2, 0.25) is 0 Å². The lowest BCUT2D eigenvalue weighted by Crippen LogP contribution is -2.04. The summed E-state index contributed by atoms with van der Waals surface area (Å²) < 4.78 is 4.82. The monoisotopic (exact) mass is 786 g/mol. The fraction of sp³-hybridized carbons (Fsp3) is 0. The minimum absolute atomic E-state index is 0.805. The third-order valence-electron chi connectivity index (χ3n) is 13.2. The zero-order valence-corrected chi connectivity index (χ0v) is 33.4. The minimum Gasteiger partial charge on any atom is -0.309 e. The normalized spacial score (nSPS) is 12.2. The molecule has 0 bridgehead atoms. The second-order valence-corrected chi connectivity index (χ2v) is 16.5. The molecule has 0 fully saturated rings. The topological polar surface area (TPSA) is 35.6 Å². The molecule has 0 aliphatic heterocycles. The number of rotatable bonds is 3. The Kier molecular flexibility index (Phi) is 6.80. The van der Waals surface area contributed by atoms with Crippen molar-refractivity contribution >= 4 is 109 Å². The van der Waals surface area contributed by atoms with Crippen molar-refractivity contribution in [3.8, 4) is 22.8 Å². The summed E-state index contributed by atoms with van der Waals surface area (Å²) in [4.78, 5) is 11.0. The predicted molar refractivity (Wildman–Crippen MR) is 261 cm³/mol. The Bertz CT molecular complexity index is 4190. The van der Waals surface area contributed by atoms with Crippen LogP contribution in [-0.4, -0.2) is 19.1 Å². The van der Waals surface area contributed by atoms with E-state index in [1.54, 1.807) is 0 Å². The molecule has 0 radical (unpaired) electrons. The lowest BCUT2D eigenvalue weighted by molar-refractivity contribution is 1.08. The molecule has 3 aromatic heterocycles. The molecule has 14 rings (SSSR count). The third kappa shape index (κ3) is 4.66. The molecule has 0 saturated carbocycles. The van der Waals surface area contributed by atoms with Crippen molar-refractivity contribution in [2.45, 2.75) is 0 Å². The van der Waals surface area contributed by atoms with Crippen LogP contribution in [0.1, 0.15) is 0 Å². The fourth-order valence-electron chi connectivity index (χ4n) is 10.5. The second kappa shape index (κ2) is 12.6. The van der Waals surface area contributed by atoms with Crippen molar-refractivity contribution in [2.75, 3.05) is 0 Å². The summed E-state index contributed by atoms with van der Waals surface area (Å²) in [7, 11) is 0. The number of hydrogen-bond acceptors (Lipinski definition) is 2. The van der Waals surface area contributed by atoms with E-state index >= 15 is 0 Å². The van der Waals surface area contributed by atoms with Gasteiger partial charge in [-0.15, -0.1) is 0 Å². The Labute approximate surface area is 355 Å². The number of fused-ring (bicyclic) bond motifs is 16. The van der Waals surface area contributed by atoms with Gasteiger partial charge in [-0.2, -0.15) is 0 Å². The summed E-state index contributed by atoms with van der Waals surface area (Å²) in [6.07, 6.45) is 0. The van der Waals surface area contributed by atoms with Crippen LogP contribution < -0.4 is 0 Å². The van der Waals surface area contributed by atoms with Crippen LogP contribution in [-0.2, 0) is 0 Å². The fourth-order valence-corrected chi connectivity index (χ4v) is 10.5. The van der Waals surface area contributed by atoms with Gasteiger partial charge in [0, 0.05) is 38.2 Å². The van der Waals surface area contributed by atoms with Crippen LogP contribution >= 0.6 is 0 Å². The summed E-state index contributed by atoms with van der Waals surface area (Å²) >= 11 is 0. The lowest BCUT2D eigenvalue weighted by atomic mass is 9.93. The molecular formula is C58H34N4. The van der Waals surface area contributed by atoms with Crippen LogP contribution in [0.4, 0.5) is 0 Å². The Morgan fingerprint density at radius 2 is 0.839 bits per heavy atom. The van der Waals surface area contributed by atoms with E-state index in [0.717, 1.165) is 50.2 Å². The smallest absolute Gasteiger partial charge is 0.165 e. The standard InChI is InChI=1S/C58H34N4/c1-2-15-37-33-55-49(31-36(37)14-1)50-34-39(61-53-24-12-9-21-46(53)47-29-25-35-13-3-4-16-40(35)57(47)61)27-30-54(50)62(55)58-56(59-51-22-10-11-23-52(51)60-58)38-26-28-45-43-19-6-5-17-41(43)42-18-7-8-20-44(42)48(45)32-38/h1-34H. The first-order valence-electron chi connectivity index (χ1n) is 21.2. The number of benzene rings is 11. The Hall–Kier alpha value is -8.34. The van der Waals surface area contributed by atoms with Crippen molar-refractivity contribution in [3.05, 3.63) is 206 Å². The molecule has 0 atom stereocenters. The first kappa shape index (κ1) is 33.5. The van der Waals surface area contributed by atoms with E-state index in [4.69, 9.17) is 9.97 Å². The second-order valence-electron chi connectivity index (χ2n) is 16.5. The van der Waals surface area contributed by atoms with Gasteiger partial charge < -0.3 is 4.57 Å². The highest BCUT2D eigenvalue weighted by molar-refractivity contribution is 6.26. The SMILES string of the molecule is c1ccc2cc3c(cc2c1)c1cc(-n2c4ccccc4c4ccc5ccccc5c42)ccc1n3-c1nc2ccccc2nc1-c1ccc2c3ccccc3c3ccccc3c2c1. The maximum absolute atomic E-state index is 5.55. The Balaban J connectivity index is 1.09. The summed E-state index contributed by atoms with van der Waals surface area (Å²) in [6, 6.07) is 75.0. The van der Waals surface area contributed by atoms with Crippen molar-refractivity contribution in [3.63, 3.8) is 0 Å². The highest BCUT2D eigenvalue weighted by Crippen LogP contribution is 2.43. The molecule has 0 aliphatic rings. The Morgan fingerprint density at radius 1 is 0.290 bits per heavy atom. The van der Waals surface area contributed by atoms with Gasteiger partial charge in [-0.25, -0.2) is 9.97 Å². The van der Waals surface area contributed by atoms with Crippen LogP contribution in [0.15, 0.2) is 206 Å². The molecule has 3 heterocycles. The zero-order valence-electron chi connectivity index (χ0n) is 33.4. The van der Waals surface area contributed by atoms with E-state index in [1.807, 2.05) is 6.07 Å². The number of para-hydroxylation sites is 3. The number of hydrogen-bond donors (Lipinski definition) is 0. The predicted octanol–water partition coefficient (Wildman–Crippen LogP) is 15.3. The van der Waals surface area contributed by atoms with Crippen molar-refractivity contribution < 1.29 is 0 Å². The molecule has 11 aromatic carbocycles. The van der Waals surface area contributed by atoms with Crippen molar-refractivity contribution in [2.24, 2.45) is 0 Å². The lowest BCUT2D eigenvalue weighted by Gasteiger charge is -2.16. The quantitative estimate of drug-likeness (QED) is 0.167. The van der Waals surface area contributed by atoms with Crippen LogP contribution in [0, 0.1) is 0 Å². The number of nitrogens with zero attached hydrogens (tertiary/aromatic N) is 4. The first-order chi connectivity index (χ1) is 30.7. The molecule has 0 unspecified atom stereocenters. The van der Waals surface area contributed by atoms with Gasteiger partial charge in [0.2, 0.25) is 0 Å². The molecule has 0 N–H and O–H groups in total. The first-order valence-corrected chi connectivity index (χ1v) is 21.2. The van der Waals surface area contributed by atoms with E-state index in [0.29, 0.717) is 0 Å². The summed E-state index contributed by atoms with van der Waals surface area (Å²) in [5.41, 5.74) is 9.27. The minimum atomic E-state index is 0.805. The van der Waals surface area contributed by atoms with Gasteiger partial charge in [-0.05, 0) is 103 Å². The van der Waals surface area contributed by atoms with Gasteiger partial charge >= 0.3 is 0 Å². The molecule has 0 spiro atoms. The van der Waals surface area contributed by atoms with Crippen molar-refractivity contribution in [1.82, 2.24) is 19.1 Å². The average molecular weight is 787 g/mol. The average Bonchev–Trinajstić information content (AvgIpc) is 3.85. The molecular weight excluding hydrogens is 753 g/mol. The third-order valence-corrected chi connectivity index (χ3v) is 13.2. The highest BCUT2D eigenvalue weighted by Gasteiger charge is 2.23. The van der Waals surface area contributed by atoms with Gasteiger partial charge in [-0.3, -0.25) is 4.57 Å². The van der Waals surface area contributed by atoms with E-state index in [1.165, 1.54) is 81.1 Å². The van der Waals surface area contributed by atoms with E-state index in [-0.39, 0.29) is 0 Å². The molecule has 0 saturated heterocycles. The largest absolute Gasteiger partial charge is 0.309 e. The summed E-state index contributed by atoms with van der Waals surface area (Å²) in [6.45, 7) is 0. The molecule has 286 valence electrons. The van der Waals surface area contributed by atoms with Gasteiger partial charge in [0.05, 0.1) is 33.1 Å². The van der Waals surface area contributed by atoms with Crippen LogP contribution in [0.5, 0.6) is 0 Å².